The number of hydrogen-bond donors (Lipinski definition) is 2. The Labute approximate surface area is 94.0 Å². The summed E-state index contributed by atoms with van der Waals surface area (Å²) in [6.45, 7) is 0.646. The summed E-state index contributed by atoms with van der Waals surface area (Å²) in [6.07, 6.45) is 5.43. The van der Waals surface area contributed by atoms with Crippen molar-refractivity contribution < 1.29 is 14.6 Å². The number of nitrogens with two attached hydrogens (primary N) is 1. The van der Waals surface area contributed by atoms with E-state index in [0.717, 1.165) is 19.3 Å². The molecule has 16 heavy (non-hydrogen) atoms. The van der Waals surface area contributed by atoms with Gasteiger partial charge in [0, 0.05) is 12.8 Å². The Balaban J connectivity index is 2.11. The third kappa shape index (κ3) is 4.79. The minimum atomic E-state index is -0.327. The number of aromatic nitrogens is 2. The third-order valence-corrected chi connectivity index (χ3v) is 2.01. The first-order valence-electron chi connectivity index (χ1n) is 5.27. The number of ether oxygens (including phenoxy) is 1. The highest BCUT2D eigenvalue weighted by molar-refractivity contribution is 5.69. The lowest BCUT2D eigenvalue weighted by atomic mass is 10.2. The second-order valence-corrected chi connectivity index (χ2v) is 3.48. The minimum Gasteiger partial charge on any atom is -0.464 e. The SMILES string of the molecule is Nc1cnn(CC(=O)OCCCCCO)c1. The van der Waals surface area contributed by atoms with Crippen LogP contribution >= 0.6 is 0 Å². The van der Waals surface area contributed by atoms with Crippen LogP contribution in [0.5, 0.6) is 0 Å². The van der Waals surface area contributed by atoms with Crippen LogP contribution < -0.4 is 5.73 Å². The highest BCUT2D eigenvalue weighted by Crippen LogP contribution is 1.99. The molecule has 1 aromatic heterocycles. The standard InChI is InChI=1S/C10H17N3O3/c11-9-6-12-13(7-9)8-10(15)16-5-3-1-2-4-14/h6-7,14H,1-5,8,11H2. The fourth-order valence-corrected chi connectivity index (χ4v) is 1.22. The molecule has 0 amide bonds. The molecule has 1 rings (SSSR count). The molecule has 1 aromatic rings. The van der Waals surface area contributed by atoms with Crippen LogP contribution in [0.1, 0.15) is 19.3 Å². The molecule has 6 nitrogen and oxygen atoms in total. The van der Waals surface area contributed by atoms with E-state index in [0.29, 0.717) is 12.3 Å². The lowest BCUT2D eigenvalue weighted by Gasteiger charge is -2.04. The number of aliphatic hydroxyl groups excluding tert-OH is 1. The van der Waals surface area contributed by atoms with E-state index >= 15 is 0 Å². The third-order valence-electron chi connectivity index (χ3n) is 2.01. The van der Waals surface area contributed by atoms with E-state index in [4.69, 9.17) is 15.6 Å². The van der Waals surface area contributed by atoms with Crippen LogP contribution in [-0.4, -0.2) is 34.1 Å². The summed E-state index contributed by atoms with van der Waals surface area (Å²) in [6, 6.07) is 0. The molecule has 0 radical (unpaired) electrons. The van der Waals surface area contributed by atoms with Crippen LogP contribution in [0.25, 0.3) is 0 Å². The highest BCUT2D eigenvalue weighted by atomic mass is 16.5. The number of hydrogen-bond acceptors (Lipinski definition) is 5. The van der Waals surface area contributed by atoms with Crippen LogP contribution in [0.15, 0.2) is 12.4 Å². The van der Waals surface area contributed by atoms with Crippen LogP contribution in [0.4, 0.5) is 5.69 Å². The molecule has 0 spiro atoms. The van der Waals surface area contributed by atoms with Gasteiger partial charge in [-0.3, -0.25) is 9.48 Å². The topological polar surface area (TPSA) is 90.4 Å². The Hall–Kier alpha value is -1.56. The number of rotatable bonds is 7. The minimum absolute atomic E-state index is 0.0806. The second kappa shape index (κ2) is 6.84. The van der Waals surface area contributed by atoms with Crippen LogP contribution in [0.3, 0.4) is 0 Å². The molecule has 90 valence electrons. The molecule has 0 aliphatic carbocycles. The van der Waals surface area contributed by atoms with Gasteiger partial charge in [-0.05, 0) is 19.3 Å². The molecule has 0 aromatic carbocycles. The molecule has 0 aliphatic rings. The van der Waals surface area contributed by atoms with E-state index in [2.05, 4.69) is 5.10 Å². The molecule has 0 fully saturated rings. The van der Waals surface area contributed by atoms with E-state index in [1.807, 2.05) is 0 Å². The summed E-state index contributed by atoms with van der Waals surface area (Å²) < 4.78 is 6.42. The predicted octanol–water partition coefficient (Wildman–Crippen LogP) is 0.171. The number of nitrogens with zero attached hydrogens (tertiary/aromatic N) is 2. The molecule has 0 aliphatic heterocycles. The van der Waals surface area contributed by atoms with Crippen LogP contribution in [-0.2, 0) is 16.1 Å². The zero-order chi connectivity index (χ0) is 11.8. The van der Waals surface area contributed by atoms with Crippen molar-refractivity contribution in [3.8, 4) is 0 Å². The fraction of sp³-hybridized carbons (Fsp3) is 0.600. The van der Waals surface area contributed by atoms with Gasteiger partial charge >= 0.3 is 5.97 Å². The predicted molar refractivity (Wildman–Crippen MR) is 58.5 cm³/mol. The van der Waals surface area contributed by atoms with Crippen molar-refractivity contribution in [1.82, 2.24) is 9.78 Å². The molecular weight excluding hydrogens is 210 g/mol. The van der Waals surface area contributed by atoms with E-state index in [1.54, 1.807) is 6.20 Å². The molecule has 0 bridgehead atoms. The monoisotopic (exact) mass is 227 g/mol. The first-order valence-corrected chi connectivity index (χ1v) is 5.27. The number of unbranched alkanes of at least 4 members (excludes halogenated alkanes) is 2. The Morgan fingerprint density at radius 2 is 2.31 bits per heavy atom. The maximum Gasteiger partial charge on any atom is 0.327 e. The summed E-state index contributed by atoms with van der Waals surface area (Å²) in [5, 5.41) is 12.4. The van der Waals surface area contributed by atoms with E-state index in [9.17, 15) is 4.79 Å². The van der Waals surface area contributed by atoms with Crippen molar-refractivity contribution in [3.63, 3.8) is 0 Å². The molecule has 0 atom stereocenters. The summed E-state index contributed by atoms with van der Waals surface area (Å²) in [7, 11) is 0. The van der Waals surface area contributed by atoms with Gasteiger partial charge in [-0.2, -0.15) is 5.10 Å². The zero-order valence-electron chi connectivity index (χ0n) is 9.13. The summed E-state index contributed by atoms with van der Waals surface area (Å²) >= 11 is 0. The molecular formula is C10H17N3O3. The van der Waals surface area contributed by atoms with Crippen LogP contribution in [0, 0.1) is 0 Å². The lowest BCUT2D eigenvalue weighted by Crippen LogP contribution is -2.14. The summed E-state index contributed by atoms with van der Waals surface area (Å²) in [4.78, 5) is 11.3. The first-order chi connectivity index (χ1) is 7.72. The van der Waals surface area contributed by atoms with Gasteiger partial charge in [0.25, 0.3) is 0 Å². The maximum atomic E-state index is 11.3. The highest BCUT2D eigenvalue weighted by Gasteiger charge is 2.04. The smallest absolute Gasteiger partial charge is 0.327 e. The van der Waals surface area contributed by atoms with Gasteiger partial charge in [0.2, 0.25) is 0 Å². The summed E-state index contributed by atoms with van der Waals surface area (Å²) in [5.74, 6) is -0.327. The van der Waals surface area contributed by atoms with E-state index in [1.165, 1.54) is 10.9 Å². The maximum absolute atomic E-state index is 11.3. The van der Waals surface area contributed by atoms with Crippen molar-refractivity contribution in [2.24, 2.45) is 0 Å². The average molecular weight is 227 g/mol. The molecule has 0 saturated carbocycles. The van der Waals surface area contributed by atoms with Crippen molar-refractivity contribution in [2.45, 2.75) is 25.8 Å². The fourth-order valence-electron chi connectivity index (χ4n) is 1.22. The summed E-state index contributed by atoms with van der Waals surface area (Å²) in [5.41, 5.74) is 5.97. The number of esters is 1. The van der Waals surface area contributed by atoms with Crippen molar-refractivity contribution in [3.05, 3.63) is 12.4 Å². The Morgan fingerprint density at radius 1 is 1.50 bits per heavy atom. The lowest BCUT2D eigenvalue weighted by molar-refractivity contribution is -0.144. The van der Waals surface area contributed by atoms with Gasteiger partial charge in [0.05, 0.1) is 18.5 Å². The molecule has 0 saturated heterocycles. The van der Waals surface area contributed by atoms with Gasteiger partial charge in [0.1, 0.15) is 6.54 Å². The van der Waals surface area contributed by atoms with Gasteiger partial charge in [-0.1, -0.05) is 0 Å². The Morgan fingerprint density at radius 3 is 2.94 bits per heavy atom. The van der Waals surface area contributed by atoms with Gasteiger partial charge in [-0.15, -0.1) is 0 Å². The van der Waals surface area contributed by atoms with Crippen molar-refractivity contribution in [1.29, 1.82) is 0 Å². The molecule has 0 unspecified atom stereocenters. The van der Waals surface area contributed by atoms with Gasteiger partial charge in [0.15, 0.2) is 0 Å². The zero-order valence-corrected chi connectivity index (χ0v) is 9.13. The number of nitrogen functional groups attached to an aromatic ring is 1. The first kappa shape index (κ1) is 12.5. The number of carbonyl (C=O) groups is 1. The quantitative estimate of drug-likeness (QED) is 0.512. The normalized spacial score (nSPS) is 10.3. The second-order valence-electron chi connectivity index (χ2n) is 3.48. The molecule has 6 heteroatoms. The van der Waals surface area contributed by atoms with Crippen molar-refractivity contribution >= 4 is 11.7 Å². The van der Waals surface area contributed by atoms with E-state index in [-0.39, 0.29) is 19.1 Å². The van der Waals surface area contributed by atoms with Crippen LogP contribution in [0.2, 0.25) is 0 Å². The van der Waals surface area contributed by atoms with Gasteiger partial charge in [-0.25, -0.2) is 0 Å². The molecule has 3 N–H and O–H groups in total. The van der Waals surface area contributed by atoms with Gasteiger partial charge < -0.3 is 15.6 Å². The molecule has 1 heterocycles. The van der Waals surface area contributed by atoms with E-state index < -0.39 is 0 Å². The largest absolute Gasteiger partial charge is 0.464 e. The van der Waals surface area contributed by atoms with Crippen molar-refractivity contribution in [2.75, 3.05) is 18.9 Å². The number of anilines is 1. The Kier molecular flexibility index (Phi) is 5.35. The number of carbonyl (C=O) groups excluding carboxylic acids is 1. The average Bonchev–Trinajstić information content (AvgIpc) is 2.63. The number of aliphatic hydroxyl groups is 1. The Bertz CT molecular complexity index is 325.